The van der Waals surface area contributed by atoms with Crippen LogP contribution in [0.3, 0.4) is 0 Å². The van der Waals surface area contributed by atoms with E-state index in [1.54, 1.807) is 30.3 Å². The molecule has 0 spiro atoms. The highest BCUT2D eigenvalue weighted by Crippen LogP contribution is 2.26. The Morgan fingerprint density at radius 2 is 1.96 bits per heavy atom. The zero-order valence-electron chi connectivity index (χ0n) is 12.3. The molecule has 0 aliphatic carbocycles. The molecule has 0 saturated heterocycles. The molecule has 2 aromatic carbocycles. The predicted molar refractivity (Wildman–Crippen MR) is 97.1 cm³/mol. The fraction of sp³-hybridized carbons (Fsp3) is 0.125. The van der Waals surface area contributed by atoms with E-state index in [2.05, 4.69) is 26.6 Å². The second-order valence-electron chi connectivity index (χ2n) is 4.53. The average molecular weight is 395 g/mol. The van der Waals surface area contributed by atoms with Gasteiger partial charge in [0.2, 0.25) is 0 Å². The van der Waals surface area contributed by atoms with Crippen molar-refractivity contribution in [2.75, 3.05) is 11.9 Å². The Labute approximate surface area is 147 Å². The van der Waals surface area contributed by atoms with Gasteiger partial charge in [0.15, 0.2) is 5.11 Å². The fourth-order valence-corrected chi connectivity index (χ4v) is 2.50. The van der Waals surface area contributed by atoms with Gasteiger partial charge in [0, 0.05) is 11.3 Å². The summed E-state index contributed by atoms with van der Waals surface area (Å²) < 4.78 is 6.10. The van der Waals surface area contributed by atoms with Gasteiger partial charge in [-0.2, -0.15) is 0 Å². The van der Waals surface area contributed by atoms with Crippen LogP contribution >= 0.6 is 28.1 Å². The van der Waals surface area contributed by atoms with Gasteiger partial charge in [0.25, 0.3) is 5.91 Å². The van der Waals surface area contributed by atoms with E-state index < -0.39 is 0 Å². The summed E-state index contributed by atoms with van der Waals surface area (Å²) in [6.07, 6.45) is 0. The molecule has 120 valence electrons. The smallest absolute Gasteiger partial charge is 0.257 e. The molecule has 5 nitrogen and oxygen atoms in total. The zero-order valence-corrected chi connectivity index (χ0v) is 14.7. The molecule has 0 bridgehead atoms. The van der Waals surface area contributed by atoms with E-state index in [4.69, 9.17) is 17.0 Å². The average Bonchev–Trinajstić information content (AvgIpc) is 2.51. The summed E-state index contributed by atoms with van der Waals surface area (Å²) in [5.41, 5.74) is 1.12. The minimum atomic E-state index is -0.329. The number of amides is 1. The lowest BCUT2D eigenvalue weighted by Crippen LogP contribution is -2.34. The van der Waals surface area contributed by atoms with Crippen molar-refractivity contribution in [3.63, 3.8) is 0 Å². The van der Waals surface area contributed by atoms with Gasteiger partial charge in [-0.25, -0.2) is 0 Å². The van der Waals surface area contributed by atoms with Crippen molar-refractivity contribution in [1.29, 1.82) is 0 Å². The molecular formula is C16H15BrN2O3S. The van der Waals surface area contributed by atoms with E-state index in [0.717, 1.165) is 0 Å². The van der Waals surface area contributed by atoms with Gasteiger partial charge in [0.05, 0.1) is 11.1 Å². The van der Waals surface area contributed by atoms with Gasteiger partial charge in [-0.15, -0.1) is 0 Å². The van der Waals surface area contributed by atoms with Crippen molar-refractivity contribution in [2.45, 2.75) is 6.92 Å². The number of nitrogens with one attached hydrogen (secondary N) is 2. The Bertz CT molecular complexity index is 720. The van der Waals surface area contributed by atoms with Gasteiger partial charge in [-0.1, -0.05) is 0 Å². The van der Waals surface area contributed by atoms with Gasteiger partial charge in [-0.05, 0) is 77.5 Å². The quantitative estimate of drug-likeness (QED) is 0.544. The number of benzene rings is 2. The largest absolute Gasteiger partial charge is 0.508 e. The Morgan fingerprint density at radius 1 is 1.26 bits per heavy atom. The second-order valence-corrected chi connectivity index (χ2v) is 5.80. The monoisotopic (exact) mass is 394 g/mol. The van der Waals surface area contributed by atoms with E-state index in [1.807, 2.05) is 6.92 Å². The second kappa shape index (κ2) is 7.94. The van der Waals surface area contributed by atoms with Crippen LogP contribution in [0.25, 0.3) is 0 Å². The van der Waals surface area contributed by atoms with Crippen LogP contribution in [0.1, 0.15) is 17.3 Å². The number of rotatable bonds is 4. The van der Waals surface area contributed by atoms with Crippen LogP contribution in [0.5, 0.6) is 11.5 Å². The molecule has 0 unspecified atom stereocenters. The highest BCUT2D eigenvalue weighted by atomic mass is 79.9. The minimum absolute atomic E-state index is 0.157. The molecule has 0 aliphatic heterocycles. The maximum absolute atomic E-state index is 12.2. The molecule has 3 N–H and O–H groups in total. The normalized spacial score (nSPS) is 10.0. The van der Waals surface area contributed by atoms with Crippen molar-refractivity contribution in [3.8, 4) is 11.5 Å². The molecule has 23 heavy (non-hydrogen) atoms. The molecule has 7 heteroatoms. The van der Waals surface area contributed by atoms with Gasteiger partial charge >= 0.3 is 0 Å². The number of ether oxygens (including phenoxy) is 1. The number of phenols is 1. The number of aromatic hydroxyl groups is 1. The maximum Gasteiger partial charge on any atom is 0.257 e. The van der Waals surface area contributed by atoms with Crippen molar-refractivity contribution in [2.24, 2.45) is 0 Å². The first kappa shape index (κ1) is 17.2. The molecule has 0 aromatic heterocycles. The molecule has 0 aliphatic rings. The topological polar surface area (TPSA) is 70.6 Å². The molecule has 2 aromatic rings. The molecule has 1 amide bonds. The standard InChI is InChI=1S/C16H15BrN2O3S/c1-2-22-14-8-3-10(9-13(14)17)15(21)19-16(23)18-11-4-6-12(20)7-5-11/h3-9,20H,2H2,1H3,(H2,18,19,21,23). The number of carbonyl (C=O) groups is 1. The Morgan fingerprint density at radius 3 is 2.57 bits per heavy atom. The number of anilines is 1. The third-order valence-corrected chi connectivity index (χ3v) is 3.67. The van der Waals surface area contributed by atoms with Crippen LogP contribution in [-0.4, -0.2) is 22.7 Å². The molecule has 0 radical (unpaired) electrons. The number of thiocarbonyl (C=S) groups is 1. The van der Waals surface area contributed by atoms with Gasteiger partial charge in [-0.3, -0.25) is 10.1 Å². The number of carbonyl (C=O) groups excluding carboxylic acids is 1. The highest BCUT2D eigenvalue weighted by molar-refractivity contribution is 9.10. The summed E-state index contributed by atoms with van der Waals surface area (Å²) in [5, 5.41) is 14.9. The Balaban J connectivity index is 1.99. The predicted octanol–water partition coefficient (Wildman–Crippen LogP) is 3.68. The lowest BCUT2D eigenvalue weighted by molar-refractivity contribution is 0.0977. The molecule has 0 atom stereocenters. The van der Waals surface area contributed by atoms with Crippen LogP contribution in [0.2, 0.25) is 0 Å². The Kier molecular flexibility index (Phi) is 5.95. The molecule has 0 saturated carbocycles. The van der Waals surface area contributed by atoms with E-state index in [1.165, 1.54) is 12.1 Å². The van der Waals surface area contributed by atoms with Crippen LogP contribution in [0.4, 0.5) is 5.69 Å². The lowest BCUT2D eigenvalue weighted by Gasteiger charge is -2.11. The van der Waals surface area contributed by atoms with Crippen LogP contribution < -0.4 is 15.4 Å². The highest BCUT2D eigenvalue weighted by Gasteiger charge is 2.11. The summed E-state index contributed by atoms with van der Waals surface area (Å²) in [4.78, 5) is 12.2. The van der Waals surface area contributed by atoms with Crippen molar-refractivity contribution < 1.29 is 14.6 Å². The van der Waals surface area contributed by atoms with Crippen LogP contribution in [-0.2, 0) is 0 Å². The van der Waals surface area contributed by atoms with Crippen LogP contribution in [0, 0.1) is 0 Å². The summed E-state index contributed by atoms with van der Waals surface area (Å²) in [6, 6.07) is 11.4. The number of halogens is 1. The Hall–Kier alpha value is -2.12. The summed E-state index contributed by atoms with van der Waals surface area (Å²) in [6.45, 7) is 2.44. The maximum atomic E-state index is 12.2. The first-order chi connectivity index (χ1) is 11.0. The summed E-state index contributed by atoms with van der Waals surface area (Å²) in [5.74, 6) is 0.503. The summed E-state index contributed by atoms with van der Waals surface area (Å²) >= 11 is 8.47. The molecule has 2 rings (SSSR count). The number of hydrogen-bond donors (Lipinski definition) is 3. The van der Waals surface area contributed by atoms with Gasteiger partial charge in [0.1, 0.15) is 11.5 Å². The third kappa shape index (κ3) is 4.94. The van der Waals surface area contributed by atoms with Crippen molar-refractivity contribution in [3.05, 3.63) is 52.5 Å². The number of hydrogen-bond acceptors (Lipinski definition) is 4. The zero-order chi connectivity index (χ0) is 16.8. The minimum Gasteiger partial charge on any atom is -0.508 e. The van der Waals surface area contributed by atoms with E-state index in [9.17, 15) is 9.90 Å². The fourth-order valence-electron chi connectivity index (χ4n) is 1.80. The molecular weight excluding hydrogens is 380 g/mol. The van der Waals surface area contributed by atoms with E-state index in [-0.39, 0.29) is 16.8 Å². The van der Waals surface area contributed by atoms with Crippen LogP contribution in [0.15, 0.2) is 46.9 Å². The van der Waals surface area contributed by atoms with Gasteiger partial charge < -0.3 is 15.2 Å². The van der Waals surface area contributed by atoms with Crippen molar-refractivity contribution in [1.82, 2.24) is 5.32 Å². The summed E-state index contributed by atoms with van der Waals surface area (Å²) in [7, 11) is 0. The third-order valence-electron chi connectivity index (χ3n) is 2.85. The van der Waals surface area contributed by atoms with E-state index >= 15 is 0 Å². The molecule has 0 heterocycles. The number of phenolic OH excluding ortho intramolecular Hbond substituents is 1. The molecule has 0 fully saturated rings. The van der Waals surface area contributed by atoms with E-state index in [0.29, 0.717) is 28.1 Å². The lowest BCUT2D eigenvalue weighted by atomic mass is 10.2. The SMILES string of the molecule is CCOc1ccc(C(=O)NC(=S)Nc2ccc(O)cc2)cc1Br. The first-order valence-corrected chi connectivity index (χ1v) is 8.03. The van der Waals surface area contributed by atoms with Crippen molar-refractivity contribution >= 4 is 44.9 Å². The first-order valence-electron chi connectivity index (χ1n) is 6.83.